The van der Waals surface area contributed by atoms with Crippen LogP contribution in [0.1, 0.15) is 62.3 Å². The standard InChI is InChI=1S/C23H32O5/c1-13(2)12-26-21-14(3)18(8-7-17-9-16(24)10-20(25)27-17)22-19(15(21)4)11-23(5,6)28-22/h16-17,24H,1,7-12H2,2-6H3. The molecule has 0 amide bonds. The highest BCUT2D eigenvalue weighted by molar-refractivity contribution is 5.71. The van der Waals surface area contributed by atoms with E-state index in [0.29, 0.717) is 25.9 Å². The van der Waals surface area contributed by atoms with Crippen molar-refractivity contribution in [1.82, 2.24) is 0 Å². The van der Waals surface area contributed by atoms with Crippen molar-refractivity contribution in [3.05, 3.63) is 34.4 Å². The van der Waals surface area contributed by atoms with Gasteiger partial charge >= 0.3 is 5.97 Å². The molecule has 2 heterocycles. The molecule has 0 spiro atoms. The lowest BCUT2D eigenvalue weighted by atomic mass is 9.90. The van der Waals surface area contributed by atoms with Gasteiger partial charge in [-0.15, -0.1) is 0 Å². The van der Waals surface area contributed by atoms with Gasteiger partial charge in [0.15, 0.2) is 0 Å². The van der Waals surface area contributed by atoms with E-state index in [1.54, 1.807) is 0 Å². The van der Waals surface area contributed by atoms with Crippen LogP contribution in [0.15, 0.2) is 12.2 Å². The molecule has 28 heavy (non-hydrogen) atoms. The number of carbonyl (C=O) groups excluding carboxylic acids is 1. The molecular weight excluding hydrogens is 356 g/mol. The molecule has 2 aliphatic heterocycles. The predicted octanol–water partition coefficient (Wildman–Crippen LogP) is 3.97. The Morgan fingerprint density at radius 3 is 2.68 bits per heavy atom. The Labute approximate surface area is 167 Å². The summed E-state index contributed by atoms with van der Waals surface area (Å²) < 4.78 is 17.9. The van der Waals surface area contributed by atoms with E-state index in [1.165, 1.54) is 5.56 Å². The van der Waals surface area contributed by atoms with E-state index in [2.05, 4.69) is 34.3 Å². The number of esters is 1. The molecule has 1 aromatic rings. The third-order valence-corrected chi connectivity index (χ3v) is 5.53. The zero-order chi connectivity index (χ0) is 20.6. The third-order valence-electron chi connectivity index (χ3n) is 5.53. The maximum Gasteiger partial charge on any atom is 0.308 e. The topological polar surface area (TPSA) is 65.0 Å². The molecule has 154 valence electrons. The highest BCUT2D eigenvalue weighted by atomic mass is 16.5. The van der Waals surface area contributed by atoms with E-state index >= 15 is 0 Å². The first-order valence-electron chi connectivity index (χ1n) is 10.1. The minimum Gasteiger partial charge on any atom is -0.489 e. The minimum absolute atomic E-state index is 0.0889. The summed E-state index contributed by atoms with van der Waals surface area (Å²) in [5.41, 5.74) is 5.22. The van der Waals surface area contributed by atoms with Crippen LogP contribution in [0.25, 0.3) is 0 Å². The van der Waals surface area contributed by atoms with Crippen LogP contribution in [-0.4, -0.2) is 35.5 Å². The van der Waals surface area contributed by atoms with Gasteiger partial charge in [-0.3, -0.25) is 4.79 Å². The van der Waals surface area contributed by atoms with Crippen molar-refractivity contribution in [2.45, 2.75) is 84.5 Å². The highest BCUT2D eigenvalue weighted by Gasteiger charge is 2.36. The second-order valence-electron chi connectivity index (χ2n) is 8.89. The number of hydrogen-bond acceptors (Lipinski definition) is 5. The predicted molar refractivity (Wildman–Crippen MR) is 108 cm³/mol. The maximum atomic E-state index is 11.6. The zero-order valence-corrected chi connectivity index (χ0v) is 17.7. The largest absolute Gasteiger partial charge is 0.489 e. The van der Waals surface area contributed by atoms with Gasteiger partial charge in [0.2, 0.25) is 0 Å². The molecule has 0 aliphatic carbocycles. The van der Waals surface area contributed by atoms with Gasteiger partial charge in [0.25, 0.3) is 0 Å². The molecule has 2 unspecified atom stereocenters. The Balaban J connectivity index is 1.90. The smallest absolute Gasteiger partial charge is 0.308 e. The van der Waals surface area contributed by atoms with Gasteiger partial charge in [0.05, 0.1) is 12.5 Å². The molecule has 0 radical (unpaired) electrons. The van der Waals surface area contributed by atoms with Crippen LogP contribution >= 0.6 is 0 Å². The highest BCUT2D eigenvalue weighted by Crippen LogP contribution is 2.46. The summed E-state index contributed by atoms with van der Waals surface area (Å²) >= 11 is 0. The van der Waals surface area contributed by atoms with Crippen LogP contribution in [0.2, 0.25) is 0 Å². The van der Waals surface area contributed by atoms with Crippen LogP contribution in [0.5, 0.6) is 11.5 Å². The molecule has 1 saturated heterocycles. The Bertz CT molecular complexity index is 793. The molecule has 0 saturated carbocycles. The van der Waals surface area contributed by atoms with Gasteiger partial charge in [0, 0.05) is 24.0 Å². The average Bonchev–Trinajstić information content (AvgIpc) is 2.89. The zero-order valence-electron chi connectivity index (χ0n) is 17.7. The van der Waals surface area contributed by atoms with Crippen LogP contribution < -0.4 is 9.47 Å². The van der Waals surface area contributed by atoms with Crippen LogP contribution in [0.4, 0.5) is 0 Å². The number of fused-ring (bicyclic) bond motifs is 1. The molecule has 1 aromatic carbocycles. The Morgan fingerprint density at radius 1 is 1.32 bits per heavy atom. The van der Waals surface area contributed by atoms with Crippen LogP contribution in [0.3, 0.4) is 0 Å². The second kappa shape index (κ2) is 7.78. The Morgan fingerprint density at radius 2 is 2.04 bits per heavy atom. The number of cyclic esters (lactones) is 1. The van der Waals surface area contributed by atoms with Crippen molar-refractivity contribution in [3.8, 4) is 11.5 Å². The van der Waals surface area contributed by atoms with E-state index in [1.807, 2.05) is 6.92 Å². The van der Waals surface area contributed by atoms with Crippen molar-refractivity contribution in [2.24, 2.45) is 0 Å². The van der Waals surface area contributed by atoms with Crippen molar-refractivity contribution in [2.75, 3.05) is 6.61 Å². The fraction of sp³-hybridized carbons (Fsp3) is 0.609. The first-order chi connectivity index (χ1) is 13.1. The molecule has 0 bridgehead atoms. The molecule has 1 fully saturated rings. The van der Waals surface area contributed by atoms with Crippen molar-refractivity contribution in [3.63, 3.8) is 0 Å². The van der Waals surface area contributed by atoms with Gasteiger partial charge in [-0.25, -0.2) is 0 Å². The van der Waals surface area contributed by atoms with E-state index in [-0.39, 0.29) is 24.1 Å². The van der Waals surface area contributed by atoms with E-state index in [4.69, 9.17) is 14.2 Å². The minimum atomic E-state index is -0.610. The van der Waals surface area contributed by atoms with Crippen LogP contribution in [0, 0.1) is 13.8 Å². The molecule has 3 rings (SSSR count). The molecule has 5 nitrogen and oxygen atoms in total. The van der Waals surface area contributed by atoms with Gasteiger partial charge in [-0.2, -0.15) is 0 Å². The first-order valence-corrected chi connectivity index (χ1v) is 10.1. The van der Waals surface area contributed by atoms with Gasteiger partial charge in [0.1, 0.15) is 29.8 Å². The molecule has 5 heteroatoms. The lowest BCUT2D eigenvalue weighted by molar-refractivity contribution is -0.160. The quantitative estimate of drug-likeness (QED) is 0.590. The molecule has 0 aromatic heterocycles. The fourth-order valence-corrected chi connectivity index (χ4v) is 4.21. The lowest BCUT2D eigenvalue weighted by Crippen LogP contribution is -2.32. The number of hydrogen-bond donors (Lipinski definition) is 1. The third kappa shape index (κ3) is 4.35. The SMILES string of the molecule is C=C(C)COc1c(C)c(CCC2CC(O)CC(=O)O2)c2c(c1C)CC(C)(C)O2. The number of aliphatic hydroxyl groups is 1. The number of rotatable bonds is 6. The molecule has 2 aliphatic rings. The van der Waals surface area contributed by atoms with E-state index in [0.717, 1.165) is 40.2 Å². The Kier molecular flexibility index (Phi) is 5.76. The van der Waals surface area contributed by atoms with Gasteiger partial charge in [-0.05, 0) is 64.2 Å². The summed E-state index contributed by atoms with van der Waals surface area (Å²) in [4.78, 5) is 11.6. The summed E-state index contributed by atoms with van der Waals surface area (Å²) in [5.74, 6) is 1.53. The van der Waals surface area contributed by atoms with E-state index < -0.39 is 6.10 Å². The van der Waals surface area contributed by atoms with Crippen LogP contribution in [-0.2, 0) is 22.4 Å². The van der Waals surface area contributed by atoms with Crippen molar-refractivity contribution in [1.29, 1.82) is 0 Å². The first kappa shape index (κ1) is 20.7. The molecular formula is C23H32O5. The average molecular weight is 389 g/mol. The number of benzene rings is 1. The molecule has 1 N–H and O–H groups in total. The maximum absolute atomic E-state index is 11.6. The summed E-state index contributed by atoms with van der Waals surface area (Å²) in [7, 11) is 0. The monoisotopic (exact) mass is 388 g/mol. The summed E-state index contributed by atoms with van der Waals surface area (Å²) in [6.45, 7) is 14.7. The van der Waals surface area contributed by atoms with Gasteiger partial charge < -0.3 is 19.3 Å². The number of aliphatic hydroxyl groups excluding tert-OH is 1. The summed E-state index contributed by atoms with van der Waals surface area (Å²) in [6, 6.07) is 0. The van der Waals surface area contributed by atoms with Crippen molar-refractivity contribution < 1.29 is 24.1 Å². The number of ether oxygens (including phenoxy) is 3. The van der Waals surface area contributed by atoms with E-state index in [9.17, 15) is 9.90 Å². The fourth-order valence-electron chi connectivity index (χ4n) is 4.21. The molecule has 2 atom stereocenters. The lowest BCUT2D eigenvalue weighted by Gasteiger charge is -2.27. The van der Waals surface area contributed by atoms with Crippen molar-refractivity contribution >= 4 is 5.97 Å². The Hall–Kier alpha value is -2.01. The normalized spacial score (nSPS) is 23.0. The number of carbonyl (C=O) groups is 1. The summed E-state index contributed by atoms with van der Waals surface area (Å²) in [6.07, 6.45) is 1.90. The summed E-state index contributed by atoms with van der Waals surface area (Å²) in [5, 5.41) is 9.87. The second-order valence-corrected chi connectivity index (χ2v) is 8.89. The van der Waals surface area contributed by atoms with Gasteiger partial charge in [-0.1, -0.05) is 6.58 Å².